The molecule has 0 saturated heterocycles. The van der Waals surface area contributed by atoms with Crippen LogP contribution in [0.3, 0.4) is 0 Å². The van der Waals surface area contributed by atoms with Gasteiger partial charge in [0.1, 0.15) is 29.7 Å². The number of benzene rings is 1. The highest BCUT2D eigenvalue weighted by Crippen LogP contribution is 2.33. The number of fused-ring (bicyclic) bond motifs is 1. The predicted octanol–water partition coefficient (Wildman–Crippen LogP) is 2.72. The Hall–Kier alpha value is -3.35. The van der Waals surface area contributed by atoms with Gasteiger partial charge in [-0.3, -0.25) is 4.79 Å². The molecule has 0 spiro atoms. The van der Waals surface area contributed by atoms with Crippen molar-refractivity contribution in [2.24, 2.45) is 7.05 Å². The molecule has 1 unspecified atom stereocenters. The summed E-state index contributed by atoms with van der Waals surface area (Å²) in [6.45, 7) is 1.94. The smallest absolute Gasteiger partial charge is 0.344 e. The Kier molecular flexibility index (Phi) is 4.27. The van der Waals surface area contributed by atoms with Gasteiger partial charge in [-0.1, -0.05) is 17.3 Å². The Morgan fingerprint density at radius 1 is 1.33 bits per heavy atom. The molecular formula is C20H18N2O5. The summed E-state index contributed by atoms with van der Waals surface area (Å²) in [5.41, 5.74) is 2.04. The molecule has 3 aromatic rings. The summed E-state index contributed by atoms with van der Waals surface area (Å²) in [5.74, 6) is 0.715. The van der Waals surface area contributed by atoms with Crippen molar-refractivity contribution in [3.63, 3.8) is 0 Å². The van der Waals surface area contributed by atoms with Gasteiger partial charge in [0, 0.05) is 31.3 Å². The Balaban J connectivity index is 1.46. The minimum Gasteiger partial charge on any atom is -0.490 e. The van der Waals surface area contributed by atoms with Crippen LogP contribution in [0.4, 0.5) is 0 Å². The second kappa shape index (κ2) is 6.75. The van der Waals surface area contributed by atoms with Crippen LogP contribution in [0.25, 0.3) is 11.3 Å². The molecule has 3 heterocycles. The second-order valence-electron chi connectivity index (χ2n) is 6.55. The van der Waals surface area contributed by atoms with E-state index in [2.05, 4.69) is 5.16 Å². The van der Waals surface area contributed by atoms with Gasteiger partial charge >= 0.3 is 5.97 Å². The fraction of sp³-hybridized carbons (Fsp3) is 0.250. The number of carbonyl (C=O) groups is 1. The molecule has 0 N–H and O–H groups in total. The first kappa shape index (κ1) is 17.1. The number of esters is 1. The molecule has 0 bridgehead atoms. The lowest BCUT2D eigenvalue weighted by Gasteiger charge is -2.03. The molecule has 0 fully saturated rings. The molecule has 1 aliphatic rings. The van der Waals surface area contributed by atoms with Crippen LogP contribution in [-0.4, -0.2) is 21.8 Å². The number of carbonyl (C=O) groups excluding carboxylic acids is 1. The van der Waals surface area contributed by atoms with E-state index >= 15 is 0 Å². The van der Waals surface area contributed by atoms with Crippen molar-refractivity contribution in [3.8, 4) is 17.1 Å². The zero-order valence-electron chi connectivity index (χ0n) is 15.0. The maximum absolute atomic E-state index is 12.1. The second-order valence-corrected chi connectivity index (χ2v) is 6.55. The normalized spacial score (nSPS) is 15.3. The van der Waals surface area contributed by atoms with Crippen molar-refractivity contribution in [2.75, 3.05) is 0 Å². The quantitative estimate of drug-likeness (QED) is 0.660. The van der Waals surface area contributed by atoms with Crippen LogP contribution in [0.5, 0.6) is 5.75 Å². The third-order valence-electron chi connectivity index (χ3n) is 4.44. The number of rotatable bonds is 4. The molecule has 7 nitrogen and oxygen atoms in total. The highest BCUT2D eigenvalue weighted by atomic mass is 16.5. The van der Waals surface area contributed by atoms with Crippen LogP contribution in [-0.2, 0) is 24.8 Å². The summed E-state index contributed by atoms with van der Waals surface area (Å²) in [5, 5.41) is 3.93. The maximum Gasteiger partial charge on any atom is 0.344 e. The number of nitrogens with zero attached hydrogens (tertiary/aromatic N) is 2. The summed E-state index contributed by atoms with van der Waals surface area (Å²) < 4.78 is 17.6. The maximum atomic E-state index is 12.1. The number of ether oxygens (including phenoxy) is 2. The van der Waals surface area contributed by atoms with Gasteiger partial charge in [-0.15, -0.1) is 0 Å². The Morgan fingerprint density at radius 2 is 2.19 bits per heavy atom. The Morgan fingerprint density at radius 3 is 3.04 bits per heavy atom. The molecule has 0 saturated carbocycles. The topological polar surface area (TPSA) is 83.6 Å². The van der Waals surface area contributed by atoms with Gasteiger partial charge in [-0.05, 0) is 30.7 Å². The molecule has 2 aromatic heterocycles. The summed E-state index contributed by atoms with van der Waals surface area (Å²) in [4.78, 5) is 24.1. The highest BCUT2D eigenvalue weighted by Gasteiger charge is 2.20. The molecule has 0 amide bonds. The fourth-order valence-electron chi connectivity index (χ4n) is 3.04. The zero-order valence-corrected chi connectivity index (χ0v) is 15.0. The van der Waals surface area contributed by atoms with Crippen LogP contribution in [0.2, 0.25) is 0 Å². The average Bonchev–Trinajstić information content (AvgIpc) is 3.26. The van der Waals surface area contributed by atoms with E-state index < -0.39 is 11.5 Å². The number of aryl methyl sites for hydroxylation is 1. The van der Waals surface area contributed by atoms with Crippen LogP contribution in [0.15, 0.2) is 51.9 Å². The SMILES string of the molecule is CC1Cc2ccc(-c3cc(COC(=O)c4cccn(C)c4=O)no3)cc2O1. The number of pyridine rings is 1. The lowest BCUT2D eigenvalue weighted by atomic mass is 10.1. The van der Waals surface area contributed by atoms with Crippen molar-refractivity contribution in [3.05, 3.63) is 69.8 Å². The molecule has 1 aliphatic heterocycles. The molecular weight excluding hydrogens is 348 g/mol. The molecule has 27 heavy (non-hydrogen) atoms. The first-order chi connectivity index (χ1) is 13.0. The molecule has 1 aromatic carbocycles. The fourth-order valence-corrected chi connectivity index (χ4v) is 3.04. The van der Waals surface area contributed by atoms with Crippen LogP contribution in [0.1, 0.15) is 28.5 Å². The molecule has 138 valence electrons. The minimum absolute atomic E-state index is 0.0198. The molecule has 0 radical (unpaired) electrons. The number of hydrogen-bond donors (Lipinski definition) is 0. The van der Waals surface area contributed by atoms with Gasteiger partial charge in [0.2, 0.25) is 0 Å². The summed E-state index contributed by atoms with van der Waals surface area (Å²) in [6.07, 6.45) is 2.64. The third-order valence-corrected chi connectivity index (χ3v) is 4.44. The van der Waals surface area contributed by atoms with Gasteiger partial charge in [0.05, 0.1) is 0 Å². The molecule has 1 atom stereocenters. The van der Waals surface area contributed by atoms with Gasteiger partial charge in [0.15, 0.2) is 5.76 Å². The minimum atomic E-state index is -0.694. The van der Waals surface area contributed by atoms with E-state index in [0.29, 0.717) is 11.5 Å². The molecule has 7 heteroatoms. The van der Waals surface area contributed by atoms with E-state index in [0.717, 1.165) is 17.7 Å². The Bertz CT molecular complexity index is 1070. The molecule has 4 rings (SSSR count). The highest BCUT2D eigenvalue weighted by molar-refractivity contribution is 5.88. The Labute approximate surface area is 155 Å². The standard InChI is InChI=1S/C20H18N2O5/c1-12-8-13-5-6-14(9-17(13)26-12)18-10-15(21-27-18)11-25-20(24)16-4-3-7-22(2)19(16)23/h3-7,9-10,12H,8,11H2,1-2H3. The van der Waals surface area contributed by atoms with Gasteiger partial charge in [-0.2, -0.15) is 0 Å². The lowest BCUT2D eigenvalue weighted by molar-refractivity contribution is 0.0461. The van der Waals surface area contributed by atoms with E-state index in [1.165, 1.54) is 16.2 Å². The van der Waals surface area contributed by atoms with Crippen molar-refractivity contribution in [1.82, 2.24) is 9.72 Å². The summed E-state index contributed by atoms with van der Waals surface area (Å²) in [7, 11) is 1.57. The van der Waals surface area contributed by atoms with E-state index in [9.17, 15) is 9.59 Å². The van der Waals surface area contributed by atoms with Crippen LogP contribution < -0.4 is 10.3 Å². The van der Waals surface area contributed by atoms with E-state index in [-0.39, 0.29) is 18.3 Å². The van der Waals surface area contributed by atoms with Gasteiger partial charge < -0.3 is 18.6 Å². The average molecular weight is 366 g/mol. The third kappa shape index (κ3) is 3.36. The van der Waals surface area contributed by atoms with Crippen molar-refractivity contribution < 1.29 is 18.8 Å². The lowest BCUT2D eigenvalue weighted by Crippen LogP contribution is -2.24. The molecule has 0 aliphatic carbocycles. The first-order valence-corrected chi connectivity index (χ1v) is 8.59. The monoisotopic (exact) mass is 366 g/mol. The summed E-state index contributed by atoms with van der Waals surface area (Å²) in [6, 6.07) is 10.6. The first-order valence-electron chi connectivity index (χ1n) is 8.59. The van der Waals surface area contributed by atoms with Crippen molar-refractivity contribution >= 4 is 5.97 Å². The zero-order chi connectivity index (χ0) is 19.0. The summed E-state index contributed by atoms with van der Waals surface area (Å²) >= 11 is 0. The van der Waals surface area contributed by atoms with E-state index in [1.807, 2.05) is 25.1 Å². The van der Waals surface area contributed by atoms with Crippen molar-refractivity contribution in [1.29, 1.82) is 0 Å². The van der Waals surface area contributed by atoms with Gasteiger partial charge in [-0.25, -0.2) is 4.79 Å². The number of aromatic nitrogens is 2. The van der Waals surface area contributed by atoms with Crippen molar-refractivity contribution in [2.45, 2.75) is 26.1 Å². The van der Waals surface area contributed by atoms with Gasteiger partial charge in [0.25, 0.3) is 5.56 Å². The largest absolute Gasteiger partial charge is 0.490 e. The van der Waals surface area contributed by atoms with Crippen LogP contribution >= 0.6 is 0 Å². The number of hydrogen-bond acceptors (Lipinski definition) is 6. The van der Waals surface area contributed by atoms with E-state index in [4.69, 9.17) is 14.0 Å². The predicted molar refractivity (Wildman–Crippen MR) is 96.5 cm³/mol. The van der Waals surface area contributed by atoms with Crippen LogP contribution in [0, 0.1) is 0 Å². The van der Waals surface area contributed by atoms with E-state index in [1.54, 1.807) is 25.4 Å².